The lowest BCUT2D eigenvalue weighted by Gasteiger charge is -2.42. The van der Waals surface area contributed by atoms with Crippen LogP contribution in [0.3, 0.4) is 0 Å². The van der Waals surface area contributed by atoms with Gasteiger partial charge in [0.2, 0.25) is 0 Å². The van der Waals surface area contributed by atoms with Crippen LogP contribution in [0.1, 0.15) is 38.9 Å². The Morgan fingerprint density at radius 1 is 1.50 bits per heavy atom. The molecule has 1 aliphatic rings. The Balaban J connectivity index is 2.06. The van der Waals surface area contributed by atoms with Gasteiger partial charge in [0.05, 0.1) is 24.1 Å². The van der Waals surface area contributed by atoms with E-state index in [0.29, 0.717) is 25.9 Å². The summed E-state index contributed by atoms with van der Waals surface area (Å²) in [5.41, 5.74) is -0.875. The number of hydrogen-bond acceptors (Lipinski definition) is 3. The molecular weight excluding hydrogens is 204 g/mol. The van der Waals surface area contributed by atoms with Crippen molar-refractivity contribution in [1.29, 1.82) is 0 Å². The number of rotatable bonds is 3. The molecule has 16 heavy (non-hydrogen) atoms. The van der Waals surface area contributed by atoms with Crippen LogP contribution in [0.4, 0.5) is 0 Å². The molecule has 2 unspecified atom stereocenters. The molecule has 1 N–H and O–H groups in total. The lowest BCUT2D eigenvalue weighted by atomic mass is 9.79. The van der Waals surface area contributed by atoms with Gasteiger partial charge in [-0.25, -0.2) is 0 Å². The molecular formula is C13H20O3. The Morgan fingerprint density at radius 3 is 2.94 bits per heavy atom. The first kappa shape index (κ1) is 11.7. The molecule has 0 radical (unpaired) electrons. The summed E-state index contributed by atoms with van der Waals surface area (Å²) in [6, 6.07) is 3.77. The van der Waals surface area contributed by atoms with E-state index in [0.717, 1.165) is 12.2 Å². The van der Waals surface area contributed by atoms with Crippen molar-refractivity contribution in [1.82, 2.24) is 0 Å². The maximum atomic E-state index is 10.6. The topological polar surface area (TPSA) is 42.6 Å². The van der Waals surface area contributed by atoms with Gasteiger partial charge in [-0.05, 0) is 25.5 Å². The zero-order chi connectivity index (χ0) is 11.6. The third-order valence-electron chi connectivity index (χ3n) is 3.55. The van der Waals surface area contributed by atoms with Gasteiger partial charge in [-0.3, -0.25) is 0 Å². The second-order valence-electron chi connectivity index (χ2n) is 5.06. The molecule has 3 heteroatoms. The van der Waals surface area contributed by atoms with Crippen LogP contribution in [0, 0.1) is 0 Å². The third-order valence-corrected chi connectivity index (χ3v) is 3.55. The van der Waals surface area contributed by atoms with Crippen molar-refractivity contribution in [2.24, 2.45) is 0 Å². The summed E-state index contributed by atoms with van der Waals surface area (Å²) in [4.78, 5) is 0. The molecule has 0 aliphatic carbocycles. The highest BCUT2D eigenvalue weighted by atomic mass is 16.5. The molecule has 3 nitrogen and oxygen atoms in total. The summed E-state index contributed by atoms with van der Waals surface area (Å²) in [6.45, 7) is 4.79. The predicted octanol–water partition coefficient (Wildman–Crippen LogP) is 2.53. The van der Waals surface area contributed by atoms with Crippen molar-refractivity contribution in [2.75, 3.05) is 6.61 Å². The van der Waals surface area contributed by atoms with Crippen LogP contribution in [0.5, 0.6) is 0 Å². The van der Waals surface area contributed by atoms with Crippen molar-refractivity contribution in [2.45, 2.75) is 50.7 Å². The van der Waals surface area contributed by atoms with Crippen LogP contribution in [-0.4, -0.2) is 22.9 Å². The summed E-state index contributed by atoms with van der Waals surface area (Å²) >= 11 is 0. The zero-order valence-electron chi connectivity index (χ0n) is 10.0. The van der Waals surface area contributed by atoms with E-state index < -0.39 is 5.60 Å². The first-order valence-electron chi connectivity index (χ1n) is 5.94. The van der Waals surface area contributed by atoms with Gasteiger partial charge in [0.1, 0.15) is 5.76 Å². The number of ether oxygens (including phenoxy) is 1. The molecule has 90 valence electrons. The van der Waals surface area contributed by atoms with Gasteiger partial charge in [0, 0.05) is 19.3 Å². The van der Waals surface area contributed by atoms with Crippen LogP contribution < -0.4 is 0 Å². The Bertz CT molecular complexity index is 333. The molecule has 0 amide bonds. The van der Waals surface area contributed by atoms with E-state index in [4.69, 9.17) is 9.15 Å². The predicted molar refractivity (Wildman–Crippen MR) is 61.2 cm³/mol. The van der Waals surface area contributed by atoms with Gasteiger partial charge in [0.15, 0.2) is 0 Å². The van der Waals surface area contributed by atoms with Crippen molar-refractivity contribution in [3.8, 4) is 0 Å². The lowest BCUT2D eigenvalue weighted by Crippen LogP contribution is -2.48. The fourth-order valence-corrected chi connectivity index (χ4v) is 2.44. The standard InChI is InChI=1S/C13H20O3/c1-3-12(2)10-13(14,6-8-16-12)9-11-5-4-7-15-11/h4-5,7,14H,3,6,8-10H2,1-2H3. The quantitative estimate of drug-likeness (QED) is 0.858. The summed E-state index contributed by atoms with van der Waals surface area (Å²) in [5.74, 6) is 0.850. The normalized spacial score (nSPS) is 35.2. The zero-order valence-corrected chi connectivity index (χ0v) is 10.0. The smallest absolute Gasteiger partial charge is 0.106 e. The van der Waals surface area contributed by atoms with Crippen molar-refractivity contribution < 1.29 is 14.3 Å². The Hall–Kier alpha value is -0.800. The molecule has 0 spiro atoms. The average molecular weight is 224 g/mol. The molecule has 1 fully saturated rings. The van der Waals surface area contributed by atoms with Crippen LogP contribution in [0.25, 0.3) is 0 Å². The minimum atomic E-state index is -0.680. The van der Waals surface area contributed by atoms with Crippen molar-refractivity contribution in [3.05, 3.63) is 24.2 Å². The van der Waals surface area contributed by atoms with E-state index >= 15 is 0 Å². The molecule has 0 aromatic carbocycles. The molecule has 2 heterocycles. The van der Waals surface area contributed by atoms with Gasteiger partial charge in [-0.1, -0.05) is 6.92 Å². The van der Waals surface area contributed by atoms with Crippen LogP contribution in [-0.2, 0) is 11.2 Å². The molecule has 1 saturated heterocycles. The van der Waals surface area contributed by atoms with Crippen molar-refractivity contribution >= 4 is 0 Å². The molecule has 1 aromatic rings. The van der Waals surface area contributed by atoms with Crippen LogP contribution >= 0.6 is 0 Å². The lowest BCUT2D eigenvalue weighted by molar-refractivity contribution is -0.154. The SMILES string of the molecule is CCC1(C)CC(O)(Cc2ccco2)CCO1. The largest absolute Gasteiger partial charge is 0.469 e. The molecule has 0 saturated carbocycles. The highest BCUT2D eigenvalue weighted by molar-refractivity contribution is 5.05. The molecule has 0 bridgehead atoms. The van der Waals surface area contributed by atoms with Gasteiger partial charge >= 0.3 is 0 Å². The highest BCUT2D eigenvalue weighted by Gasteiger charge is 2.41. The summed E-state index contributed by atoms with van der Waals surface area (Å²) in [5, 5.41) is 10.6. The van der Waals surface area contributed by atoms with Crippen molar-refractivity contribution in [3.63, 3.8) is 0 Å². The summed E-state index contributed by atoms with van der Waals surface area (Å²) < 4.78 is 11.0. The minimum Gasteiger partial charge on any atom is -0.469 e. The van der Waals surface area contributed by atoms with Crippen LogP contribution in [0.15, 0.2) is 22.8 Å². The first-order chi connectivity index (χ1) is 7.55. The van der Waals surface area contributed by atoms with E-state index in [-0.39, 0.29) is 5.60 Å². The highest BCUT2D eigenvalue weighted by Crippen LogP contribution is 2.36. The monoisotopic (exact) mass is 224 g/mol. The second kappa shape index (κ2) is 4.22. The number of hydrogen-bond donors (Lipinski definition) is 1. The third kappa shape index (κ3) is 2.47. The summed E-state index contributed by atoms with van der Waals surface area (Å²) in [7, 11) is 0. The first-order valence-corrected chi connectivity index (χ1v) is 5.94. The van der Waals surface area contributed by atoms with E-state index in [1.807, 2.05) is 12.1 Å². The minimum absolute atomic E-state index is 0.195. The second-order valence-corrected chi connectivity index (χ2v) is 5.06. The van der Waals surface area contributed by atoms with Gasteiger partial charge in [0.25, 0.3) is 0 Å². The maximum absolute atomic E-state index is 10.6. The van der Waals surface area contributed by atoms with Gasteiger partial charge in [-0.15, -0.1) is 0 Å². The Kier molecular flexibility index (Phi) is 3.08. The van der Waals surface area contributed by atoms with Gasteiger partial charge < -0.3 is 14.3 Å². The van der Waals surface area contributed by atoms with E-state index in [9.17, 15) is 5.11 Å². The summed E-state index contributed by atoms with van der Waals surface area (Å²) in [6.07, 6.45) is 4.52. The number of aliphatic hydroxyl groups is 1. The fraction of sp³-hybridized carbons (Fsp3) is 0.692. The van der Waals surface area contributed by atoms with E-state index in [2.05, 4.69) is 13.8 Å². The molecule has 2 rings (SSSR count). The van der Waals surface area contributed by atoms with E-state index in [1.54, 1.807) is 6.26 Å². The average Bonchev–Trinajstić information content (AvgIpc) is 2.69. The van der Waals surface area contributed by atoms with Crippen LogP contribution in [0.2, 0.25) is 0 Å². The Morgan fingerprint density at radius 2 is 2.31 bits per heavy atom. The maximum Gasteiger partial charge on any atom is 0.106 e. The van der Waals surface area contributed by atoms with E-state index in [1.165, 1.54) is 0 Å². The van der Waals surface area contributed by atoms with Gasteiger partial charge in [-0.2, -0.15) is 0 Å². The molecule has 1 aliphatic heterocycles. The molecule has 2 atom stereocenters. The molecule has 1 aromatic heterocycles. The Labute approximate surface area is 96.4 Å². The number of furan rings is 1. The fourth-order valence-electron chi connectivity index (χ4n) is 2.44.